The van der Waals surface area contributed by atoms with Gasteiger partial charge < -0.3 is 14.5 Å². The molecule has 0 radical (unpaired) electrons. The summed E-state index contributed by atoms with van der Waals surface area (Å²) in [6, 6.07) is 14.9. The zero-order chi connectivity index (χ0) is 22.0. The molecule has 2 aromatic carbocycles. The Hall–Kier alpha value is -3.26. The minimum absolute atomic E-state index is 0.257. The highest BCUT2D eigenvalue weighted by Gasteiger charge is 2.25. The Bertz CT molecular complexity index is 1310. The minimum atomic E-state index is -0.490. The van der Waals surface area contributed by atoms with Gasteiger partial charge in [0.1, 0.15) is 22.0 Å². The number of hydrogen-bond donors (Lipinski definition) is 1. The maximum atomic E-state index is 13.7. The molecule has 0 saturated heterocycles. The Kier molecular flexibility index (Phi) is 5.99. The molecule has 2 heterocycles. The first-order valence-electron chi connectivity index (χ1n) is 10.1. The molecule has 4 aromatic rings. The Balaban J connectivity index is 2.00. The van der Waals surface area contributed by atoms with Crippen LogP contribution in [-0.4, -0.2) is 39.5 Å². The van der Waals surface area contributed by atoms with Crippen molar-refractivity contribution in [1.29, 1.82) is 0 Å². The van der Waals surface area contributed by atoms with Crippen molar-refractivity contribution in [1.82, 2.24) is 14.5 Å². The summed E-state index contributed by atoms with van der Waals surface area (Å²) in [7, 11) is 1.55. The second-order valence-electron chi connectivity index (χ2n) is 6.87. The third-order valence-corrected chi connectivity index (χ3v) is 6.28. The molecule has 1 atom stereocenters. The van der Waals surface area contributed by atoms with Gasteiger partial charge in [-0.15, -0.1) is 0 Å². The standard InChI is InChI=1S/C23H23N3O4S/c1-4-18(22(28)30-5-2)31-23-25-19-14-10-6-7-11-15(14)24-20(19)21(27)26(23)16-12-8-9-13-17(16)29-3/h6-13,18,24H,4-5H2,1-3H3/t18-/m0/s1. The van der Waals surface area contributed by atoms with E-state index in [9.17, 15) is 9.59 Å². The summed E-state index contributed by atoms with van der Waals surface area (Å²) in [5.41, 5.74) is 2.11. The number of thioether (sulfide) groups is 1. The molecular weight excluding hydrogens is 414 g/mol. The average Bonchev–Trinajstić information content (AvgIpc) is 3.17. The summed E-state index contributed by atoms with van der Waals surface area (Å²) in [4.78, 5) is 34.2. The van der Waals surface area contributed by atoms with Gasteiger partial charge in [-0.05, 0) is 31.5 Å². The first-order valence-corrected chi connectivity index (χ1v) is 11.0. The first kappa shape index (κ1) is 21.0. The quantitative estimate of drug-likeness (QED) is 0.263. The maximum absolute atomic E-state index is 13.7. The van der Waals surface area contributed by atoms with Crippen molar-refractivity contribution < 1.29 is 14.3 Å². The molecule has 8 heteroatoms. The number of aromatic nitrogens is 3. The van der Waals surface area contributed by atoms with Crippen LogP contribution in [0, 0.1) is 0 Å². The fourth-order valence-corrected chi connectivity index (χ4v) is 4.52. The van der Waals surface area contributed by atoms with Gasteiger partial charge in [0.25, 0.3) is 5.56 Å². The number of carbonyl (C=O) groups excluding carboxylic acids is 1. The molecule has 0 spiro atoms. The van der Waals surface area contributed by atoms with Gasteiger partial charge in [-0.2, -0.15) is 0 Å². The average molecular weight is 438 g/mol. The maximum Gasteiger partial charge on any atom is 0.319 e. The first-order chi connectivity index (χ1) is 15.1. The molecule has 4 rings (SSSR count). The number of nitrogens with zero attached hydrogens (tertiary/aromatic N) is 2. The van der Waals surface area contributed by atoms with Crippen LogP contribution in [0.4, 0.5) is 0 Å². The van der Waals surface area contributed by atoms with Crippen LogP contribution in [0.2, 0.25) is 0 Å². The summed E-state index contributed by atoms with van der Waals surface area (Å²) in [5, 5.41) is 0.773. The fourth-order valence-electron chi connectivity index (χ4n) is 3.51. The van der Waals surface area contributed by atoms with Crippen molar-refractivity contribution in [3.8, 4) is 11.4 Å². The molecule has 0 aliphatic heterocycles. The van der Waals surface area contributed by atoms with E-state index >= 15 is 0 Å². The Morgan fingerprint density at radius 2 is 1.90 bits per heavy atom. The number of carbonyl (C=O) groups is 1. The Labute approximate surface area is 183 Å². The van der Waals surface area contributed by atoms with Gasteiger partial charge in [0, 0.05) is 10.9 Å². The number of hydrogen-bond acceptors (Lipinski definition) is 6. The number of methoxy groups -OCH3 is 1. The van der Waals surface area contributed by atoms with E-state index in [0.29, 0.717) is 40.7 Å². The topological polar surface area (TPSA) is 86.2 Å². The highest BCUT2D eigenvalue weighted by Crippen LogP contribution is 2.32. The zero-order valence-electron chi connectivity index (χ0n) is 17.5. The van der Waals surface area contributed by atoms with Crippen LogP contribution in [0.1, 0.15) is 20.3 Å². The van der Waals surface area contributed by atoms with Crippen molar-refractivity contribution in [3.63, 3.8) is 0 Å². The lowest BCUT2D eigenvalue weighted by molar-refractivity contribution is -0.142. The van der Waals surface area contributed by atoms with Crippen LogP contribution in [0.3, 0.4) is 0 Å². The molecule has 2 aromatic heterocycles. The second-order valence-corrected chi connectivity index (χ2v) is 8.04. The summed E-state index contributed by atoms with van der Waals surface area (Å²) in [6.07, 6.45) is 0.539. The molecule has 0 aliphatic rings. The molecule has 7 nitrogen and oxygen atoms in total. The monoisotopic (exact) mass is 437 g/mol. The van der Waals surface area contributed by atoms with Gasteiger partial charge in [-0.3, -0.25) is 9.59 Å². The molecule has 0 aliphatic carbocycles. The van der Waals surface area contributed by atoms with Crippen molar-refractivity contribution in [2.45, 2.75) is 30.7 Å². The number of ether oxygens (including phenoxy) is 2. The fraction of sp³-hybridized carbons (Fsp3) is 0.261. The highest BCUT2D eigenvalue weighted by atomic mass is 32.2. The van der Waals surface area contributed by atoms with E-state index in [2.05, 4.69) is 4.98 Å². The van der Waals surface area contributed by atoms with E-state index in [-0.39, 0.29) is 11.5 Å². The lowest BCUT2D eigenvalue weighted by Crippen LogP contribution is -2.25. The largest absolute Gasteiger partial charge is 0.495 e. The minimum Gasteiger partial charge on any atom is -0.495 e. The predicted octanol–water partition coefficient (Wildman–Crippen LogP) is 4.31. The van der Waals surface area contributed by atoms with Crippen LogP contribution >= 0.6 is 11.8 Å². The third-order valence-electron chi connectivity index (χ3n) is 4.99. The van der Waals surface area contributed by atoms with Gasteiger partial charge in [0.05, 0.1) is 19.4 Å². The number of benzene rings is 2. The van der Waals surface area contributed by atoms with Crippen LogP contribution in [-0.2, 0) is 9.53 Å². The van der Waals surface area contributed by atoms with E-state index < -0.39 is 5.25 Å². The molecule has 0 amide bonds. The molecule has 160 valence electrons. The lowest BCUT2D eigenvalue weighted by Gasteiger charge is -2.18. The van der Waals surface area contributed by atoms with Crippen LogP contribution in [0.15, 0.2) is 58.5 Å². The Morgan fingerprint density at radius 1 is 1.16 bits per heavy atom. The number of rotatable bonds is 7. The van der Waals surface area contributed by atoms with E-state index in [0.717, 1.165) is 10.9 Å². The highest BCUT2D eigenvalue weighted by molar-refractivity contribution is 8.00. The predicted molar refractivity (Wildman–Crippen MR) is 122 cm³/mol. The SMILES string of the molecule is CCOC(=O)[C@H](CC)Sc1nc2c([nH]c3ccccc32)c(=O)n1-c1ccccc1OC. The van der Waals surface area contributed by atoms with Crippen molar-refractivity contribution in [2.24, 2.45) is 0 Å². The molecule has 0 fully saturated rings. The number of fused-ring (bicyclic) bond motifs is 3. The van der Waals surface area contributed by atoms with Crippen molar-refractivity contribution in [2.75, 3.05) is 13.7 Å². The van der Waals surface area contributed by atoms with E-state index in [1.807, 2.05) is 43.3 Å². The number of nitrogens with one attached hydrogen (secondary N) is 1. The number of aromatic amines is 1. The lowest BCUT2D eigenvalue weighted by atomic mass is 10.2. The van der Waals surface area contributed by atoms with Crippen LogP contribution in [0.25, 0.3) is 27.6 Å². The molecule has 0 bridgehead atoms. The van der Waals surface area contributed by atoms with Gasteiger partial charge in [0.2, 0.25) is 0 Å². The number of H-pyrrole nitrogens is 1. The van der Waals surface area contributed by atoms with Gasteiger partial charge in [-0.25, -0.2) is 9.55 Å². The van der Waals surface area contributed by atoms with E-state index in [4.69, 9.17) is 14.5 Å². The van der Waals surface area contributed by atoms with Crippen LogP contribution in [0.5, 0.6) is 5.75 Å². The normalized spacial score (nSPS) is 12.2. The third kappa shape index (κ3) is 3.79. The zero-order valence-corrected chi connectivity index (χ0v) is 18.4. The Morgan fingerprint density at radius 3 is 2.65 bits per heavy atom. The van der Waals surface area contributed by atoms with E-state index in [1.165, 1.54) is 16.3 Å². The number of para-hydroxylation sites is 3. The van der Waals surface area contributed by atoms with Gasteiger partial charge >= 0.3 is 5.97 Å². The van der Waals surface area contributed by atoms with Crippen molar-refractivity contribution >= 4 is 39.7 Å². The molecule has 0 unspecified atom stereocenters. The second kappa shape index (κ2) is 8.85. The molecule has 31 heavy (non-hydrogen) atoms. The summed E-state index contributed by atoms with van der Waals surface area (Å²) in [6.45, 7) is 3.98. The summed E-state index contributed by atoms with van der Waals surface area (Å²) >= 11 is 1.23. The smallest absolute Gasteiger partial charge is 0.319 e. The van der Waals surface area contributed by atoms with Crippen molar-refractivity contribution in [3.05, 3.63) is 58.9 Å². The molecule has 0 saturated carbocycles. The summed E-state index contributed by atoms with van der Waals surface area (Å²) in [5.74, 6) is 0.211. The summed E-state index contributed by atoms with van der Waals surface area (Å²) < 4.78 is 12.2. The molecule has 1 N–H and O–H groups in total. The van der Waals surface area contributed by atoms with Gasteiger partial charge in [0.15, 0.2) is 5.16 Å². The van der Waals surface area contributed by atoms with Gasteiger partial charge in [-0.1, -0.05) is 49.0 Å². The molecular formula is C23H23N3O4S. The number of esters is 1. The van der Waals surface area contributed by atoms with Crippen LogP contribution < -0.4 is 10.3 Å². The van der Waals surface area contributed by atoms with E-state index in [1.54, 1.807) is 26.2 Å².